The van der Waals surface area contributed by atoms with E-state index in [1.807, 2.05) is 42.5 Å². The van der Waals surface area contributed by atoms with Crippen molar-refractivity contribution in [1.82, 2.24) is 25.0 Å². The first-order valence-corrected chi connectivity index (χ1v) is 7.87. The molecular formula is C19H15N5O. The first kappa shape index (κ1) is 15.0. The van der Waals surface area contributed by atoms with Crippen molar-refractivity contribution in [2.24, 2.45) is 0 Å². The summed E-state index contributed by atoms with van der Waals surface area (Å²) in [5.41, 5.74) is 2.08. The number of aromatic nitrogens is 5. The number of rotatable bonds is 5. The van der Waals surface area contributed by atoms with Gasteiger partial charge in [0.15, 0.2) is 0 Å². The maximum Gasteiger partial charge on any atom is 0.222 e. The molecule has 0 radical (unpaired) electrons. The average molecular weight is 329 g/mol. The summed E-state index contributed by atoms with van der Waals surface area (Å²) >= 11 is 0. The molecule has 0 aliphatic carbocycles. The fraction of sp³-hybridized carbons (Fsp3) is 0.0526. The van der Waals surface area contributed by atoms with E-state index in [2.05, 4.69) is 32.4 Å². The summed E-state index contributed by atoms with van der Waals surface area (Å²) in [5.74, 6) is 1.95. The minimum atomic E-state index is 0.523. The van der Waals surface area contributed by atoms with Gasteiger partial charge in [-0.05, 0) is 29.8 Å². The molecule has 4 rings (SSSR count). The van der Waals surface area contributed by atoms with E-state index < -0.39 is 0 Å². The predicted molar refractivity (Wildman–Crippen MR) is 92.7 cm³/mol. The quantitative estimate of drug-likeness (QED) is 0.561. The molecule has 6 nitrogen and oxygen atoms in total. The maximum absolute atomic E-state index is 5.83. The van der Waals surface area contributed by atoms with Crippen molar-refractivity contribution in [2.45, 2.75) is 6.42 Å². The second-order valence-corrected chi connectivity index (χ2v) is 5.42. The third-order valence-electron chi connectivity index (χ3n) is 3.63. The Kier molecular flexibility index (Phi) is 4.16. The Morgan fingerprint density at radius 1 is 0.880 bits per heavy atom. The summed E-state index contributed by atoms with van der Waals surface area (Å²) in [5, 5.41) is 7.75. The summed E-state index contributed by atoms with van der Waals surface area (Å²) in [7, 11) is 0. The summed E-state index contributed by atoms with van der Waals surface area (Å²) < 4.78 is 7.52. The fourth-order valence-electron chi connectivity index (χ4n) is 2.43. The van der Waals surface area contributed by atoms with E-state index in [0.29, 0.717) is 18.1 Å². The standard InChI is InChI=1S/C19H15N5O/c1-2-4-15(5-3-1)14-18-20-11-10-19(22-18)25-17-8-6-16(7-9-17)24-13-12-21-23-24/h1-13H,14H2. The van der Waals surface area contributed by atoms with E-state index >= 15 is 0 Å². The maximum atomic E-state index is 5.83. The van der Waals surface area contributed by atoms with Crippen LogP contribution in [-0.2, 0) is 6.42 Å². The number of benzene rings is 2. The van der Waals surface area contributed by atoms with Gasteiger partial charge < -0.3 is 4.74 Å². The second-order valence-electron chi connectivity index (χ2n) is 5.42. The molecule has 0 bridgehead atoms. The Bertz CT molecular complexity index is 937. The van der Waals surface area contributed by atoms with Crippen LogP contribution in [0, 0.1) is 0 Å². The van der Waals surface area contributed by atoms with Crippen LogP contribution in [0.1, 0.15) is 11.4 Å². The molecule has 2 aromatic carbocycles. The SMILES string of the molecule is c1ccc(Cc2nccc(Oc3ccc(-n4ccnn4)cc3)n2)cc1. The molecule has 4 aromatic rings. The highest BCUT2D eigenvalue weighted by atomic mass is 16.5. The number of nitrogens with zero attached hydrogens (tertiary/aromatic N) is 5. The third-order valence-corrected chi connectivity index (χ3v) is 3.63. The molecule has 0 N–H and O–H groups in total. The van der Waals surface area contributed by atoms with Crippen LogP contribution in [-0.4, -0.2) is 25.0 Å². The highest BCUT2D eigenvalue weighted by molar-refractivity contribution is 5.37. The van der Waals surface area contributed by atoms with E-state index in [1.54, 1.807) is 29.3 Å². The number of ether oxygens (including phenoxy) is 1. The van der Waals surface area contributed by atoms with Crippen LogP contribution in [0.3, 0.4) is 0 Å². The van der Waals surface area contributed by atoms with Crippen LogP contribution in [0.4, 0.5) is 0 Å². The van der Waals surface area contributed by atoms with Gasteiger partial charge in [-0.25, -0.2) is 9.67 Å². The van der Waals surface area contributed by atoms with Crippen molar-refractivity contribution in [2.75, 3.05) is 0 Å². The van der Waals surface area contributed by atoms with Gasteiger partial charge in [0.1, 0.15) is 11.6 Å². The van der Waals surface area contributed by atoms with E-state index in [9.17, 15) is 0 Å². The largest absolute Gasteiger partial charge is 0.439 e. The summed E-state index contributed by atoms with van der Waals surface area (Å²) in [6.07, 6.45) is 5.81. The first-order valence-electron chi connectivity index (χ1n) is 7.87. The molecule has 0 atom stereocenters. The molecule has 0 saturated heterocycles. The van der Waals surface area contributed by atoms with Gasteiger partial charge >= 0.3 is 0 Å². The molecule has 0 aliphatic heterocycles. The van der Waals surface area contributed by atoms with Crippen LogP contribution in [0.25, 0.3) is 5.69 Å². The molecule has 122 valence electrons. The molecule has 2 aromatic heterocycles. The van der Waals surface area contributed by atoms with Crippen LogP contribution in [0.2, 0.25) is 0 Å². The second kappa shape index (κ2) is 6.92. The van der Waals surface area contributed by atoms with E-state index in [1.165, 1.54) is 0 Å². The van der Waals surface area contributed by atoms with Gasteiger partial charge in [-0.15, -0.1) is 5.10 Å². The molecule has 6 heteroatoms. The molecule has 25 heavy (non-hydrogen) atoms. The van der Waals surface area contributed by atoms with Crippen molar-refractivity contribution in [1.29, 1.82) is 0 Å². The molecular weight excluding hydrogens is 314 g/mol. The summed E-state index contributed by atoms with van der Waals surface area (Å²) in [6, 6.07) is 19.4. The van der Waals surface area contributed by atoms with E-state index in [4.69, 9.17) is 4.74 Å². The Balaban J connectivity index is 1.48. The Hall–Kier alpha value is -3.54. The van der Waals surface area contributed by atoms with Crippen molar-refractivity contribution < 1.29 is 4.74 Å². The molecule has 0 aliphatic rings. The topological polar surface area (TPSA) is 65.7 Å². The summed E-state index contributed by atoms with van der Waals surface area (Å²) in [4.78, 5) is 8.79. The molecule has 0 amide bonds. The number of hydrogen-bond donors (Lipinski definition) is 0. The smallest absolute Gasteiger partial charge is 0.222 e. The zero-order valence-corrected chi connectivity index (χ0v) is 13.4. The van der Waals surface area contributed by atoms with E-state index in [0.717, 1.165) is 17.1 Å². The van der Waals surface area contributed by atoms with Crippen molar-refractivity contribution >= 4 is 0 Å². The van der Waals surface area contributed by atoms with Crippen LogP contribution in [0.15, 0.2) is 79.3 Å². The minimum Gasteiger partial charge on any atom is -0.439 e. The lowest BCUT2D eigenvalue weighted by molar-refractivity contribution is 0.459. The van der Waals surface area contributed by atoms with Gasteiger partial charge in [0.25, 0.3) is 0 Å². The molecule has 2 heterocycles. The monoisotopic (exact) mass is 329 g/mol. The van der Waals surface area contributed by atoms with Gasteiger partial charge in [0.2, 0.25) is 5.88 Å². The van der Waals surface area contributed by atoms with Gasteiger partial charge in [-0.1, -0.05) is 35.5 Å². The van der Waals surface area contributed by atoms with Crippen LogP contribution in [0.5, 0.6) is 11.6 Å². The van der Waals surface area contributed by atoms with Crippen LogP contribution >= 0.6 is 0 Å². The Morgan fingerprint density at radius 2 is 1.72 bits per heavy atom. The normalized spacial score (nSPS) is 10.6. The predicted octanol–water partition coefficient (Wildman–Crippen LogP) is 3.44. The lowest BCUT2D eigenvalue weighted by Crippen LogP contribution is -1.98. The fourth-order valence-corrected chi connectivity index (χ4v) is 2.43. The summed E-state index contributed by atoms with van der Waals surface area (Å²) in [6.45, 7) is 0. The van der Waals surface area contributed by atoms with Crippen molar-refractivity contribution in [3.8, 4) is 17.3 Å². The van der Waals surface area contributed by atoms with Crippen molar-refractivity contribution in [3.63, 3.8) is 0 Å². The minimum absolute atomic E-state index is 0.523. The van der Waals surface area contributed by atoms with Gasteiger partial charge in [0, 0.05) is 18.7 Å². The van der Waals surface area contributed by atoms with E-state index in [-0.39, 0.29) is 0 Å². The zero-order valence-electron chi connectivity index (χ0n) is 13.4. The molecule has 0 fully saturated rings. The lowest BCUT2D eigenvalue weighted by Gasteiger charge is -2.07. The molecule has 0 spiro atoms. The Labute approximate surface area is 144 Å². The van der Waals surface area contributed by atoms with Gasteiger partial charge in [-0.2, -0.15) is 4.98 Å². The molecule has 0 unspecified atom stereocenters. The van der Waals surface area contributed by atoms with Crippen LogP contribution < -0.4 is 4.74 Å². The van der Waals surface area contributed by atoms with Gasteiger partial charge in [-0.3, -0.25) is 0 Å². The lowest BCUT2D eigenvalue weighted by atomic mass is 10.1. The third kappa shape index (κ3) is 3.69. The number of hydrogen-bond acceptors (Lipinski definition) is 5. The Morgan fingerprint density at radius 3 is 2.48 bits per heavy atom. The molecule has 0 saturated carbocycles. The highest BCUT2D eigenvalue weighted by Crippen LogP contribution is 2.21. The van der Waals surface area contributed by atoms with Crippen molar-refractivity contribution in [3.05, 3.63) is 90.6 Å². The van der Waals surface area contributed by atoms with Gasteiger partial charge in [0.05, 0.1) is 18.1 Å². The highest BCUT2D eigenvalue weighted by Gasteiger charge is 2.04. The first-order chi connectivity index (χ1) is 12.4. The zero-order chi connectivity index (χ0) is 16.9. The average Bonchev–Trinajstić information content (AvgIpc) is 3.18.